The minimum atomic E-state index is -0.280. The first-order valence-electron chi connectivity index (χ1n) is 6.87. The minimum absolute atomic E-state index is 0.0696. The molecule has 2 unspecified atom stereocenters. The Kier molecular flexibility index (Phi) is 2.51. The summed E-state index contributed by atoms with van der Waals surface area (Å²) in [5, 5.41) is 0.636. The van der Waals surface area contributed by atoms with Gasteiger partial charge >= 0.3 is 0 Å². The molecule has 104 valence electrons. The third kappa shape index (κ3) is 1.46. The van der Waals surface area contributed by atoms with Crippen molar-refractivity contribution >= 4 is 29.1 Å². The van der Waals surface area contributed by atoms with Crippen LogP contribution in [0.25, 0.3) is 0 Å². The second kappa shape index (κ2) is 4.06. The summed E-state index contributed by atoms with van der Waals surface area (Å²) in [6, 6.07) is 5.25. The molecule has 0 N–H and O–H groups in total. The van der Waals surface area contributed by atoms with Crippen LogP contribution < -0.4 is 4.90 Å². The molecule has 0 aromatic heterocycles. The van der Waals surface area contributed by atoms with Gasteiger partial charge in [0.15, 0.2) is 0 Å². The van der Waals surface area contributed by atoms with Crippen LogP contribution in [0.2, 0.25) is 5.02 Å². The molecule has 0 spiro atoms. The van der Waals surface area contributed by atoms with Crippen LogP contribution >= 0.6 is 11.6 Å². The van der Waals surface area contributed by atoms with Gasteiger partial charge in [-0.25, -0.2) is 4.90 Å². The van der Waals surface area contributed by atoms with Crippen molar-refractivity contribution in [2.75, 3.05) is 4.90 Å². The van der Waals surface area contributed by atoms with E-state index in [0.717, 1.165) is 18.4 Å². The number of rotatable bonds is 1. The number of halogens is 1. The van der Waals surface area contributed by atoms with Gasteiger partial charge in [0.25, 0.3) is 0 Å². The number of benzene rings is 1. The van der Waals surface area contributed by atoms with Gasteiger partial charge in [-0.05, 0) is 43.5 Å². The molecule has 1 aromatic carbocycles. The van der Waals surface area contributed by atoms with Crippen LogP contribution in [0, 0.1) is 18.8 Å². The fourth-order valence-electron chi connectivity index (χ4n) is 3.73. The molecule has 0 saturated carbocycles. The largest absolute Gasteiger partial charge is 0.373 e. The van der Waals surface area contributed by atoms with Crippen molar-refractivity contribution < 1.29 is 14.3 Å². The maximum absolute atomic E-state index is 12.6. The number of nitrogens with zero attached hydrogens (tertiary/aromatic N) is 1. The molecule has 4 atom stereocenters. The Morgan fingerprint density at radius 1 is 1.15 bits per heavy atom. The maximum atomic E-state index is 12.6. The molecule has 5 heteroatoms. The second-order valence-electron chi connectivity index (χ2n) is 5.79. The Balaban J connectivity index is 1.74. The number of amides is 2. The summed E-state index contributed by atoms with van der Waals surface area (Å²) >= 11 is 6.00. The van der Waals surface area contributed by atoms with Crippen molar-refractivity contribution in [1.29, 1.82) is 0 Å². The maximum Gasteiger partial charge on any atom is 0.240 e. The first-order valence-corrected chi connectivity index (χ1v) is 7.25. The van der Waals surface area contributed by atoms with Gasteiger partial charge < -0.3 is 4.74 Å². The van der Waals surface area contributed by atoms with Gasteiger partial charge in [0.2, 0.25) is 11.8 Å². The lowest BCUT2D eigenvalue weighted by molar-refractivity contribution is -0.124. The number of fused-ring (bicyclic) bond motifs is 5. The molecule has 2 bridgehead atoms. The molecule has 3 fully saturated rings. The van der Waals surface area contributed by atoms with Crippen LogP contribution in [0.4, 0.5) is 5.69 Å². The molecule has 3 aliphatic rings. The molecule has 3 saturated heterocycles. The number of carbonyl (C=O) groups is 2. The third-order valence-electron chi connectivity index (χ3n) is 4.68. The lowest BCUT2D eigenvalue weighted by atomic mass is 9.81. The van der Waals surface area contributed by atoms with E-state index < -0.39 is 0 Å². The quantitative estimate of drug-likeness (QED) is 0.746. The number of aryl methyl sites for hydroxylation is 1. The zero-order valence-corrected chi connectivity index (χ0v) is 11.8. The molecular formula is C15H14ClNO3. The molecule has 0 radical (unpaired) electrons. The average molecular weight is 292 g/mol. The molecule has 0 aliphatic carbocycles. The average Bonchev–Trinajstić information content (AvgIpc) is 3.08. The standard InChI is InChI=1S/C15H14ClNO3/c1-7-6-8(2-3-9(7)16)17-14(18)12-10-4-5-11(20-10)13(12)15(17)19/h2-3,6,10-13H,4-5H2,1H3/t10?,11?,12-,13+. The fourth-order valence-corrected chi connectivity index (χ4v) is 3.85. The van der Waals surface area contributed by atoms with E-state index in [0.29, 0.717) is 10.7 Å². The topological polar surface area (TPSA) is 46.6 Å². The Hall–Kier alpha value is -1.39. The van der Waals surface area contributed by atoms with E-state index >= 15 is 0 Å². The molecule has 3 aliphatic heterocycles. The summed E-state index contributed by atoms with van der Waals surface area (Å²) in [4.78, 5) is 26.5. The summed E-state index contributed by atoms with van der Waals surface area (Å²) < 4.78 is 5.72. The van der Waals surface area contributed by atoms with E-state index in [4.69, 9.17) is 16.3 Å². The van der Waals surface area contributed by atoms with E-state index in [9.17, 15) is 9.59 Å². The Bertz CT molecular complexity index is 602. The lowest BCUT2D eigenvalue weighted by Crippen LogP contribution is -2.34. The van der Waals surface area contributed by atoms with Crippen molar-refractivity contribution in [3.63, 3.8) is 0 Å². The van der Waals surface area contributed by atoms with Gasteiger partial charge in [-0.2, -0.15) is 0 Å². The van der Waals surface area contributed by atoms with Gasteiger partial charge in [-0.1, -0.05) is 11.6 Å². The summed E-state index contributed by atoms with van der Waals surface area (Å²) in [5.41, 5.74) is 1.48. The van der Waals surface area contributed by atoms with Crippen molar-refractivity contribution in [2.45, 2.75) is 32.0 Å². The van der Waals surface area contributed by atoms with Crippen LogP contribution in [0.3, 0.4) is 0 Å². The van der Waals surface area contributed by atoms with Crippen molar-refractivity contribution in [2.24, 2.45) is 11.8 Å². The molecular weight excluding hydrogens is 278 g/mol. The normalized spacial score (nSPS) is 35.0. The van der Waals surface area contributed by atoms with Crippen LogP contribution in [-0.4, -0.2) is 24.0 Å². The van der Waals surface area contributed by atoms with Crippen LogP contribution in [0.15, 0.2) is 18.2 Å². The predicted octanol–water partition coefficient (Wildman–Crippen LogP) is 2.32. The van der Waals surface area contributed by atoms with Gasteiger partial charge in [-0.15, -0.1) is 0 Å². The summed E-state index contributed by atoms with van der Waals surface area (Å²) in [6.45, 7) is 1.87. The molecule has 4 nitrogen and oxygen atoms in total. The van der Waals surface area contributed by atoms with Crippen LogP contribution in [0.5, 0.6) is 0 Å². The second-order valence-corrected chi connectivity index (χ2v) is 6.19. The predicted molar refractivity (Wildman–Crippen MR) is 73.6 cm³/mol. The monoisotopic (exact) mass is 291 g/mol. The summed E-state index contributed by atoms with van der Waals surface area (Å²) in [7, 11) is 0. The third-order valence-corrected chi connectivity index (χ3v) is 5.11. The highest BCUT2D eigenvalue weighted by Crippen LogP contribution is 2.49. The molecule has 3 heterocycles. The van der Waals surface area contributed by atoms with E-state index in [-0.39, 0.29) is 35.9 Å². The van der Waals surface area contributed by atoms with E-state index in [2.05, 4.69) is 0 Å². The highest BCUT2D eigenvalue weighted by Gasteiger charge is 2.62. The van der Waals surface area contributed by atoms with E-state index in [1.54, 1.807) is 18.2 Å². The number of carbonyl (C=O) groups excluding carboxylic acids is 2. The lowest BCUT2D eigenvalue weighted by Gasteiger charge is -2.18. The van der Waals surface area contributed by atoms with Crippen LogP contribution in [-0.2, 0) is 14.3 Å². The molecule has 20 heavy (non-hydrogen) atoms. The highest BCUT2D eigenvalue weighted by atomic mass is 35.5. The number of anilines is 1. The van der Waals surface area contributed by atoms with Crippen molar-refractivity contribution in [3.8, 4) is 0 Å². The van der Waals surface area contributed by atoms with Crippen LogP contribution in [0.1, 0.15) is 18.4 Å². The molecule has 4 rings (SSSR count). The number of hydrogen-bond donors (Lipinski definition) is 0. The van der Waals surface area contributed by atoms with Gasteiger partial charge in [-0.3, -0.25) is 9.59 Å². The van der Waals surface area contributed by atoms with Crippen molar-refractivity contribution in [3.05, 3.63) is 28.8 Å². The zero-order valence-electron chi connectivity index (χ0n) is 11.0. The Morgan fingerprint density at radius 3 is 2.30 bits per heavy atom. The first-order chi connectivity index (χ1) is 9.58. The van der Waals surface area contributed by atoms with E-state index in [1.807, 2.05) is 6.92 Å². The minimum Gasteiger partial charge on any atom is -0.373 e. The van der Waals surface area contributed by atoms with Crippen molar-refractivity contribution in [1.82, 2.24) is 0 Å². The molecule has 1 aromatic rings. The summed E-state index contributed by atoms with van der Waals surface area (Å²) in [6.07, 6.45) is 1.64. The SMILES string of the molecule is Cc1cc(N2C(=O)[C@@H]3C4CCC(O4)[C@@H]3C2=O)ccc1Cl. The molecule has 2 amide bonds. The zero-order chi connectivity index (χ0) is 14.0. The van der Waals surface area contributed by atoms with Gasteiger partial charge in [0.1, 0.15) is 0 Å². The fraction of sp³-hybridized carbons (Fsp3) is 0.467. The number of hydrogen-bond acceptors (Lipinski definition) is 3. The first kappa shape index (κ1) is 12.4. The Morgan fingerprint density at radius 2 is 1.75 bits per heavy atom. The summed E-state index contributed by atoms with van der Waals surface area (Å²) in [5.74, 6) is -0.794. The van der Waals surface area contributed by atoms with Gasteiger partial charge in [0, 0.05) is 5.02 Å². The number of imide groups is 1. The van der Waals surface area contributed by atoms with Gasteiger partial charge in [0.05, 0.1) is 29.7 Å². The smallest absolute Gasteiger partial charge is 0.240 e. The number of ether oxygens (including phenoxy) is 1. The Labute approximate surface area is 121 Å². The van der Waals surface area contributed by atoms with E-state index in [1.165, 1.54) is 4.90 Å². The highest BCUT2D eigenvalue weighted by molar-refractivity contribution is 6.31.